The minimum atomic E-state index is -7.35. The largest absolute Gasteiger partial charge is 0.460 e. The molecule has 0 aliphatic carbocycles. The van der Waals surface area contributed by atoms with Gasteiger partial charge in [0.25, 0.3) is 0 Å². The number of allylic oxidation sites excluding steroid dienone is 1. The van der Waals surface area contributed by atoms with E-state index in [1.54, 1.807) is 0 Å². The quantitative estimate of drug-likeness (QED) is 0.536. The van der Waals surface area contributed by atoms with Crippen molar-refractivity contribution in [2.24, 2.45) is 0 Å². The maximum absolute atomic E-state index is 12.5. The lowest BCUT2D eigenvalue weighted by molar-refractivity contribution is -0.416. The number of hydrogen-bond donors (Lipinski definition) is 0. The zero-order chi connectivity index (χ0) is 15.2. The molecule has 0 bridgehead atoms. The molecular weight excluding hydrogens is 293 g/mol. The Bertz CT molecular complexity index is 323. The van der Waals surface area contributed by atoms with Crippen molar-refractivity contribution in [2.45, 2.75) is 29.9 Å². The van der Waals surface area contributed by atoms with Gasteiger partial charge in [-0.2, -0.15) is 48.3 Å². The maximum Gasteiger partial charge on any atom is 0.460 e. The first-order chi connectivity index (χ1) is 7.56. The summed E-state index contributed by atoms with van der Waals surface area (Å²) in [5.74, 6) is -27.6. The van der Waals surface area contributed by atoms with Gasteiger partial charge < -0.3 is 0 Å². The minimum absolute atomic E-state index is 1.15. The summed E-state index contributed by atoms with van der Waals surface area (Å²) in [5, 5.41) is 0. The van der Waals surface area contributed by atoms with Crippen LogP contribution >= 0.6 is 0 Å². The van der Waals surface area contributed by atoms with E-state index in [-0.39, 0.29) is 0 Å². The Morgan fingerprint density at radius 3 is 1.11 bits per heavy atom. The van der Waals surface area contributed by atoms with Crippen molar-refractivity contribution >= 4 is 0 Å². The first-order valence-corrected chi connectivity index (χ1v) is 3.78. The van der Waals surface area contributed by atoms with Crippen LogP contribution in [0.1, 0.15) is 0 Å². The second-order valence-corrected chi connectivity index (χ2v) is 3.05. The molecule has 0 amide bonds. The van der Waals surface area contributed by atoms with Gasteiger partial charge in [0.1, 0.15) is 0 Å². The smallest absolute Gasteiger partial charge is 0.195 e. The highest BCUT2D eigenvalue weighted by Gasteiger charge is 2.86. The third kappa shape index (κ3) is 2.03. The first kappa shape index (κ1) is 17.0. The second-order valence-electron chi connectivity index (χ2n) is 3.05. The van der Waals surface area contributed by atoms with Crippen LogP contribution < -0.4 is 0 Å². The fraction of sp³-hybridized carbons (Fsp3) is 0.714. The number of halogens is 11. The molecule has 0 spiro atoms. The molecule has 0 radical (unpaired) electrons. The molecule has 108 valence electrons. The summed E-state index contributed by atoms with van der Waals surface area (Å²) in [6.45, 7) is 1.97. The minimum Gasteiger partial charge on any atom is -0.195 e. The van der Waals surface area contributed by atoms with Crippen LogP contribution in [-0.2, 0) is 0 Å². The van der Waals surface area contributed by atoms with E-state index in [1.807, 2.05) is 6.58 Å². The summed E-state index contributed by atoms with van der Waals surface area (Å²) in [5.41, 5.74) is 0. The van der Waals surface area contributed by atoms with E-state index >= 15 is 0 Å². The summed E-state index contributed by atoms with van der Waals surface area (Å²) >= 11 is 0. The zero-order valence-corrected chi connectivity index (χ0v) is 7.94. The van der Waals surface area contributed by atoms with Gasteiger partial charge >= 0.3 is 29.9 Å². The van der Waals surface area contributed by atoms with E-state index in [2.05, 4.69) is 0 Å². The van der Waals surface area contributed by atoms with Gasteiger partial charge in [-0.25, -0.2) is 0 Å². The molecule has 0 aromatic heterocycles. The molecular formula is C7H3F11. The first-order valence-electron chi connectivity index (χ1n) is 3.78. The van der Waals surface area contributed by atoms with Crippen LogP contribution in [0.2, 0.25) is 0 Å². The van der Waals surface area contributed by atoms with Gasteiger partial charge in [-0.05, 0) is 6.08 Å². The van der Waals surface area contributed by atoms with E-state index in [9.17, 15) is 48.3 Å². The molecule has 18 heavy (non-hydrogen) atoms. The van der Waals surface area contributed by atoms with Crippen molar-refractivity contribution in [1.29, 1.82) is 0 Å². The summed E-state index contributed by atoms with van der Waals surface area (Å²) in [6.07, 6.45) is -8.27. The number of hydrogen-bond acceptors (Lipinski definition) is 0. The summed E-state index contributed by atoms with van der Waals surface area (Å²) in [6, 6.07) is 0. The lowest BCUT2D eigenvalue weighted by Crippen LogP contribution is -2.65. The van der Waals surface area contributed by atoms with Gasteiger partial charge in [-0.3, -0.25) is 0 Å². The molecule has 0 unspecified atom stereocenters. The van der Waals surface area contributed by atoms with E-state index in [4.69, 9.17) is 0 Å². The van der Waals surface area contributed by atoms with Crippen molar-refractivity contribution in [3.8, 4) is 0 Å². The molecule has 0 saturated carbocycles. The fourth-order valence-electron chi connectivity index (χ4n) is 0.713. The molecule has 0 aromatic carbocycles. The molecule has 0 aromatic rings. The predicted octanol–water partition coefficient (Wildman–Crippen LogP) is 4.28. The monoisotopic (exact) mass is 296 g/mol. The van der Waals surface area contributed by atoms with Crippen molar-refractivity contribution in [3.05, 3.63) is 12.7 Å². The van der Waals surface area contributed by atoms with Crippen LogP contribution in [0.15, 0.2) is 12.7 Å². The van der Waals surface area contributed by atoms with Crippen LogP contribution in [0.25, 0.3) is 0 Å². The molecule has 0 aliphatic rings. The van der Waals surface area contributed by atoms with E-state index in [0.717, 1.165) is 0 Å². The average molecular weight is 296 g/mol. The van der Waals surface area contributed by atoms with E-state index in [0.29, 0.717) is 0 Å². The highest BCUT2D eigenvalue weighted by Crippen LogP contribution is 2.57. The standard InChI is InChI=1S/C7H3F11/c1-2-3(8,9)4(10,11)5(12,13)6(14,15)7(16,17)18/h2H,1H2. The van der Waals surface area contributed by atoms with Gasteiger partial charge in [-0.1, -0.05) is 6.58 Å². The third-order valence-corrected chi connectivity index (χ3v) is 1.82. The van der Waals surface area contributed by atoms with Gasteiger partial charge in [-0.15, -0.1) is 0 Å². The second kappa shape index (κ2) is 3.98. The summed E-state index contributed by atoms with van der Waals surface area (Å²) in [4.78, 5) is 0. The molecule has 0 heterocycles. The normalized spacial score (nSPS) is 15.7. The van der Waals surface area contributed by atoms with Crippen LogP contribution in [0, 0.1) is 0 Å². The van der Waals surface area contributed by atoms with Crippen LogP contribution in [0.4, 0.5) is 48.3 Å². The molecule has 0 N–H and O–H groups in total. The Balaban J connectivity index is 5.87. The Kier molecular flexibility index (Phi) is 3.76. The van der Waals surface area contributed by atoms with Crippen LogP contribution in [-0.4, -0.2) is 29.9 Å². The Labute approximate surface area is 92.1 Å². The SMILES string of the molecule is C=CC(F)(F)C(F)(F)C(F)(F)C(F)(F)C(F)(F)F. The van der Waals surface area contributed by atoms with Crippen LogP contribution in [0.5, 0.6) is 0 Å². The van der Waals surface area contributed by atoms with E-state index < -0.39 is 35.9 Å². The summed E-state index contributed by atoms with van der Waals surface area (Å²) < 4.78 is 133. The Morgan fingerprint density at radius 1 is 0.556 bits per heavy atom. The number of alkyl halides is 11. The summed E-state index contributed by atoms with van der Waals surface area (Å²) in [7, 11) is 0. The third-order valence-electron chi connectivity index (χ3n) is 1.82. The van der Waals surface area contributed by atoms with Crippen molar-refractivity contribution < 1.29 is 48.3 Å². The molecule has 0 rings (SSSR count). The Hall–Kier alpha value is -1.03. The van der Waals surface area contributed by atoms with E-state index in [1.165, 1.54) is 0 Å². The topological polar surface area (TPSA) is 0 Å². The Morgan fingerprint density at radius 2 is 0.889 bits per heavy atom. The van der Waals surface area contributed by atoms with Gasteiger partial charge in [0.05, 0.1) is 0 Å². The van der Waals surface area contributed by atoms with Gasteiger partial charge in [0.2, 0.25) is 0 Å². The average Bonchev–Trinajstić information content (AvgIpc) is 2.15. The lowest BCUT2D eigenvalue weighted by atomic mass is 9.98. The maximum atomic E-state index is 12.5. The van der Waals surface area contributed by atoms with Crippen molar-refractivity contribution in [2.75, 3.05) is 0 Å². The fourth-order valence-corrected chi connectivity index (χ4v) is 0.713. The van der Waals surface area contributed by atoms with Crippen LogP contribution in [0.3, 0.4) is 0 Å². The van der Waals surface area contributed by atoms with Gasteiger partial charge in [0, 0.05) is 0 Å². The molecule has 0 atom stereocenters. The highest BCUT2D eigenvalue weighted by molar-refractivity contribution is 5.11. The van der Waals surface area contributed by atoms with Crippen molar-refractivity contribution in [1.82, 2.24) is 0 Å². The molecule has 11 heteroatoms. The van der Waals surface area contributed by atoms with Gasteiger partial charge in [0.15, 0.2) is 0 Å². The molecule has 0 fully saturated rings. The molecule has 0 nitrogen and oxygen atoms in total. The highest BCUT2D eigenvalue weighted by atomic mass is 19.4. The predicted molar refractivity (Wildman–Crippen MR) is 36.0 cm³/mol. The lowest BCUT2D eigenvalue weighted by Gasteiger charge is -2.36. The zero-order valence-electron chi connectivity index (χ0n) is 7.94. The molecule has 0 saturated heterocycles. The molecule has 0 aliphatic heterocycles. The number of rotatable bonds is 4. The van der Waals surface area contributed by atoms with Crippen molar-refractivity contribution in [3.63, 3.8) is 0 Å².